The smallest absolute Gasteiger partial charge is 0.256 e. The number of pyridine rings is 1. The molecule has 0 atom stereocenters. The molecule has 1 aliphatic rings. The molecule has 0 aromatic carbocycles. The Hall–Kier alpha value is -1.67. The zero-order chi connectivity index (χ0) is 15.6. The van der Waals surface area contributed by atoms with Gasteiger partial charge in [-0.3, -0.25) is 9.59 Å². The molecule has 2 N–H and O–H groups in total. The third kappa shape index (κ3) is 3.92. The van der Waals surface area contributed by atoms with Crippen molar-refractivity contribution in [3.05, 3.63) is 33.7 Å². The molecule has 2 rings (SSSR count). The van der Waals surface area contributed by atoms with Crippen LogP contribution in [-0.4, -0.2) is 49.0 Å². The van der Waals surface area contributed by atoms with Gasteiger partial charge in [0.05, 0.1) is 6.26 Å². The number of H-pyrrole nitrogens is 1. The van der Waals surface area contributed by atoms with Crippen LogP contribution in [0.3, 0.4) is 0 Å². The van der Waals surface area contributed by atoms with Gasteiger partial charge in [-0.2, -0.15) is 0 Å². The molecule has 0 saturated carbocycles. The van der Waals surface area contributed by atoms with Gasteiger partial charge in [0.15, 0.2) is 5.43 Å². The minimum atomic E-state index is -3.18. The Bertz CT molecular complexity index is 688. The standard InChI is InChI=1S/C13H19N3O4S/c1-9-7-12(17)11(8-14-9)13(18)15-10-3-5-16(6-4-10)21(2,19)20/h7-8,10H,3-6H2,1-2H3,(H,14,17)(H,15,18). The van der Waals surface area contributed by atoms with Gasteiger partial charge in [0.2, 0.25) is 10.0 Å². The lowest BCUT2D eigenvalue weighted by atomic mass is 10.1. The summed E-state index contributed by atoms with van der Waals surface area (Å²) in [6.45, 7) is 2.51. The molecule has 1 saturated heterocycles. The van der Waals surface area contributed by atoms with E-state index in [1.165, 1.54) is 22.8 Å². The first-order valence-electron chi connectivity index (χ1n) is 6.72. The molecule has 0 aliphatic carbocycles. The largest absolute Gasteiger partial charge is 0.364 e. The van der Waals surface area contributed by atoms with E-state index >= 15 is 0 Å². The van der Waals surface area contributed by atoms with Gasteiger partial charge in [-0.25, -0.2) is 12.7 Å². The molecular weight excluding hydrogens is 294 g/mol. The Kier molecular flexibility index (Phi) is 4.48. The van der Waals surface area contributed by atoms with E-state index in [4.69, 9.17) is 0 Å². The molecule has 0 unspecified atom stereocenters. The first-order valence-corrected chi connectivity index (χ1v) is 8.57. The van der Waals surface area contributed by atoms with Crippen LogP contribution in [-0.2, 0) is 10.0 Å². The maximum Gasteiger partial charge on any atom is 0.256 e. The second-order valence-corrected chi connectivity index (χ2v) is 7.29. The minimum absolute atomic E-state index is 0.0751. The summed E-state index contributed by atoms with van der Waals surface area (Å²) in [5.74, 6) is -0.422. The van der Waals surface area contributed by atoms with Gasteiger partial charge in [-0.05, 0) is 19.8 Å². The van der Waals surface area contributed by atoms with Crippen molar-refractivity contribution < 1.29 is 13.2 Å². The number of aromatic nitrogens is 1. The van der Waals surface area contributed by atoms with Gasteiger partial charge in [-0.1, -0.05) is 0 Å². The van der Waals surface area contributed by atoms with Crippen LogP contribution in [0, 0.1) is 6.92 Å². The molecule has 1 aromatic heterocycles. The normalized spacial score (nSPS) is 17.6. The lowest BCUT2D eigenvalue weighted by Crippen LogP contribution is -2.46. The number of sulfonamides is 1. The molecule has 1 aliphatic heterocycles. The van der Waals surface area contributed by atoms with Gasteiger partial charge in [-0.15, -0.1) is 0 Å². The predicted molar refractivity (Wildman–Crippen MR) is 78.7 cm³/mol. The first-order chi connectivity index (χ1) is 9.77. The van der Waals surface area contributed by atoms with E-state index in [2.05, 4.69) is 10.3 Å². The summed E-state index contributed by atoms with van der Waals surface area (Å²) >= 11 is 0. The molecule has 1 amide bonds. The van der Waals surface area contributed by atoms with Crippen molar-refractivity contribution in [2.45, 2.75) is 25.8 Å². The van der Waals surface area contributed by atoms with Crippen molar-refractivity contribution in [1.82, 2.24) is 14.6 Å². The second kappa shape index (κ2) is 5.98. The summed E-state index contributed by atoms with van der Waals surface area (Å²) in [7, 11) is -3.18. The topological polar surface area (TPSA) is 99.3 Å². The van der Waals surface area contributed by atoms with E-state index in [9.17, 15) is 18.0 Å². The van der Waals surface area contributed by atoms with Crippen molar-refractivity contribution in [2.75, 3.05) is 19.3 Å². The van der Waals surface area contributed by atoms with Crippen LogP contribution in [0.2, 0.25) is 0 Å². The highest BCUT2D eigenvalue weighted by atomic mass is 32.2. The van der Waals surface area contributed by atoms with E-state index < -0.39 is 15.9 Å². The van der Waals surface area contributed by atoms with Crippen molar-refractivity contribution in [3.8, 4) is 0 Å². The predicted octanol–water partition coefficient (Wildman–Crippen LogP) is -0.163. The van der Waals surface area contributed by atoms with Crippen LogP contribution in [0.5, 0.6) is 0 Å². The van der Waals surface area contributed by atoms with E-state index in [1.54, 1.807) is 6.92 Å². The zero-order valence-electron chi connectivity index (χ0n) is 12.0. The minimum Gasteiger partial charge on any atom is -0.364 e. The Morgan fingerprint density at radius 3 is 2.52 bits per heavy atom. The van der Waals surface area contributed by atoms with Crippen molar-refractivity contribution in [1.29, 1.82) is 0 Å². The van der Waals surface area contributed by atoms with E-state index in [0.717, 1.165) is 0 Å². The summed E-state index contributed by atoms with van der Waals surface area (Å²) in [4.78, 5) is 26.6. The number of carbonyl (C=O) groups is 1. The number of piperidine rings is 1. The average Bonchev–Trinajstić information content (AvgIpc) is 2.38. The van der Waals surface area contributed by atoms with Crippen molar-refractivity contribution >= 4 is 15.9 Å². The number of aryl methyl sites for hydroxylation is 1. The molecule has 2 heterocycles. The Labute approximate surface area is 123 Å². The van der Waals surface area contributed by atoms with Gasteiger partial charge in [0.25, 0.3) is 5.91 Å². The fourth-order valence-corrected chi connectivity index (χ4v) is 3.22. The van der Waals surface area contributed by atoms with Crippen LogP contribution >= 0.6 is 0 Å². The number of nitrogens with one attached hydrogen (secondary N) is 2. The zero-order valence-corrected chi connectivity index (χ0v) is 12.9. The van der Waals surface area contributed by atoms with Gasteiger partial charge < -0.3 is 10.3 Å². The maximum absolute atomic E-state index is 12.1. The Morgan fingerprint density at radius 2 is 2.00 bits per heavy atom. The monoisotopic (exact) mass is 313 g/mol. The fraction of sp³-hybridized carbons (Fsp3) is 0.538. The molecule has 1 fully saturated rings. The molecule has 116 valence electrons. The summed E-state index contributed by atoms with van der Waals surface area (Å²) in [6.07, 6.45) is 3.67. The number of aromatic amines is 1. The molecule has 0 spiro atoms. The highest BCUT2D eigenvalue weighted by Gasteiger charge is 2.26. The van der Waals surface area contributed by atoms with Crippen LogP contribution in [0.4, 0.5) is 0 Å². The lowest BCUT2D eigenvalue weighted by Gasteiger charge is -2.30. The van der Waals surface area contributed by atoms with E-state index in [1.807, 2.05) is 0 Å². The SMILES string of the molecule is Cc1cc(=O)c(C(=O)NC2CCN(S(C)(=O)=O)CC2)c[nH]1. The summed E-state index contributed by atoms with van der Waals surface area (Å²) in [5.41, 5.74) is 0.446. The molecule has 0 radical (unpaired) electrons. The highest BCUT2D eigenvalue weighted by molar-refractivity contribution is 7.88. The molecule has 1 aromatic rings. The average molecular weight is 313 g/mol. The number of hydrogen-bond donors (Lipinski definition) is 2. The molecular formula is C13H19N3O4S. The van der Waals surface area contributed by atoms with Crippen molar-refractivity contribution in [2.24, 2.45) is 0 Å². The summed E-state index contributed by atoms with van der Waals surface area (Å²) < 4.78 is 24.2. The van der Waals surface area contributed by atoms with Crippen LogP contribution in [0.15, 0.2) is 17.1 Å². The van der Waals surface area contributed by atoms with Gasteiger partial charge >= 0.3 is 0 Å². The van der Waals surface area contributed by atoms with E-state index in [-0.39, 0.29) is 17.0 Å². The molecule has 7 nitrogen and oxygen atoms in total. The maximum atomic E-state index is 12.1. The quantitative estimate of drug-likeness (QED) is 0.809. The number of carbonyl (C=O) groups excluding carboxylic acids is 1. The van der Waals surface area contributed by atoms with E-state index in [0.29, 0.717) is 31.6 Å². The Balaban J connectivity index is 1.97. The van der Waals surface area contributed by atoms with Crippen LogP contribution < -0.4 is 10.7 Å². The fourth-order valence-electron chi connectivity index (χ4n) is 2.35. The van der Waals surface area contributed by atoms with Crippen LogP contribution in [0.1, 0.15) is 28.9 Å². The summed E-state index contributed by atoms with van der Waals surface area (Å²) in [5, 5.41) is 2.79. The number of amides is 1. The third-order valence-electron chi connectivity index (χ3n) is 3.56. The summed E-state index contributed by atoms with van der Waals surface area (Å²) in [6, 6.07) is 1.26. The second-order valence-electron chi connectivity index (χ2n) is 5.30. The number of hydrogen-bond acceptors (Lipinski definition) is 4. The van der Waals surface area contributed by atoms with Crippen LogP contribution in [0.25, 0.3) is 0 Å². The van der Waals surface area contributed by atoms with Gasteiger partial charge in [0.1, 0.15) is 5.56 Å². The molecule has 0 bridgehead atoms. The highest BCUT2D eigenvalue weighted by Crippen LogP contribution is 2.13. The Morgan fingerprint density at radius 1 is 1.38 bits per heavy atom. The number of rotatable bonds is 3. The number of nitrogens with zero attached hydrogens (tertiary/aromatic N) is 1. The lowest BCUT2D eigenvalue weighted by molar-refractivity contribution is 0.0922. The third-order valence-corrected chi connectivity index (χ3v) is 4.86. The molecule has 21 heavy (non-hydrogen) atoms. The van der Waals surface area contributed by atoms with Crippen molar-refractivity contribution in [3.63, 3.8) is 0 Å². The molecule has 8 heteroatoms. The first kappa shape index (κ1) is 15.7. The van der Waals surface area contributed by atoms with Gasteiger partial charge in [0, 0.05) is 37.1 Å².